The summed E-state index contributed by atoms with van der Waals surface area (Å²) in [7, 11) is 1.34. The third-order valence-electron chi connectivity index (χ3n) is 6.01. The van der Waals surface area contributed by atoms with Gasteiger partial charge in [0.1, 0.15) is 18.0 Å². The van der Waals surface area contributed by atoms with Gasteiger partial charge in [0.25, 0.3) is 0 Å². The number of hydrogen-bond acceptors (Lipinski definition) is 5. The van der Waals surface area contributed by atoms with Crippen LogP contribution in [0.3, 0.4) is 0 Å². The molecular weight excluding hydrogens is 447 g/mol. The van der Waals surface area contributed by atoms with Gasteiger partial charge in [-0.1, -0.05) is 54.6 Å². The second kappa shape index (κ2) is 9.54. The van der Waals surface area contributed by atoms with Gasteiger partial charge < -0.3 is 9.47 Å². The molecule has 0 spiro atoms. The number of rotatable bonds is 7. The van der Waals surface area contributed by atoms with Crippen LogP contribution in [0.5, 0.6) is 0 Å². The molecule has 1 aliphatic rings. The quantitative estimate of drug-likeness (QED) is 0.324. The summed E-state index contributed by atoms with van der Waals surface area (Å²) in [6.45, 7) is 0.0601. The van der Waals surface area contributed by atoms with Crippen LogP contribution in [-0.4, -0.2) is 28.8 Å². The van der Waals surface area contributed by atoms with E-state index in [9.17, 15) is 9.59 Å². The molecule has 1 heterocycles. The van der Waals surface area contributed by atoms with Crippen molar-refractivity contribution >= 4 is 11.9 Å². The Balaban J connectivity index is 1.45. The summed E-state index contributed by atoms with van der Waals surface area (Å²) in [6, 6.07) is 21.1. The number of benzene rings is 3. The van der Waals surface area contributed by atoms with Gasteiger partial charge in [0.15, 0.2) is 0 Å². The van der Waals surface area contributed by atoms with E-state index in [2.05, 4.69) is 5.10 Å². The van der Waals surface area contributed by atoms with Gasteiger partial charge in [-0.05, 0) is 42.2 Å². The minimum Gasteiger partial charge on any atom is -0.465 e. The average molecular weight is 471 g/mol. The Labute approximate surface area is 201 Å². The molecule has 1 fully saturated rings. The van der Waals surface area contributed by atoms with Crippen LogP contribution in [-0.2, 0) is 16.1 Å². The van der Waals surface area contributed by atoms with Crippen LogP contribution in [0.1, 0.15) is 50.7 Å². The SMILES string of the molecule is COC(=O)c1cnn(-c2cccc(-c3cccc(C(=O)OCc4ccccc4)c3F)c2)c1C1CC1. The summed E-state index contributed by atoms with van der Waals surface area (Å²) in [4.78, 5) is 24.8. The number of esters is 2. The molecule has 6 nitrogen and oxygen atoms in total. The fourth-order valence-electron chi connectivity index (χ4n) is 4.10. The molecule has 176 valence electrons. The molecule has 7 heteroatoms. The van der Waals surface area contributed by atoms with Gasteiger partial charge >= 0.3 is 11.9 Å². The van der Waals surface area contributed by atoms with Crippen molar-refractivity contribution in [2.75, 3.05) is 7.11 Å². The van der Waals surface area contributed by atoms with Crippen molar-refractivity contribution in [2.24, 2.45) is 0 Å². The highest BCUT2D eigenvalue weighted by molar-refractivity contribution is 5.92. The molecule has 0 saturated heterocycles. The maximum absolute atomic E-state index is 15.5. The van der Waals surface area contributed by atoms with E-state index < -0.39 is 17.8 Å². The van der Waals surface area contributed by atoms with Gasteiger partial charge in [-0.15, -0.1) is 0 Å². The molecular formula is C28H23FN2O4. The van der Waals surface area contributed by atoms with E-state index >= 15 is 4.39 Å². The van der Waals surface area contributed by atoms with Gasteiger partial charge in [-0.25, -0.2) is 18.7 Å². The predicted octanol–water partition coefficient (Wildman–Crippen LogP) is 5.70. The van der Waals surface area contributed by atoms with Gasteiger partial charge in [-0.3, -0.25) is 0 Å². The summed E-state index contributed by atoms with van der Waals surface area (Å²) >= 11 is 0. The molecule has 1 aliphatic carbocycles. The lowest BCUT2D eigenvalue weighted by Crippen LogP contribution is -2.09. The first-order chi connectivity index (χ1) is 17.1. The smallest absolute Gasteiger partial charge is 0.341 e. The van der Waals surface area contributed by atoms with E-state index in [1.165, 1.54) is 19.4 Å². The summed E-state index contributed by atoms with van der Waals surface area (Å²) in [5, 5.41) is 4.42. The minimum absolute atomic E-state index is 0.0601. The standard InChI is InChI=1S/C28H23FN2O4/c1-34-27(32)24-16-30-31(26(24)19-13-14-19)21-10-5-9-20(15-21)22-11-6-12-23(25(22)29)28(33)35-17-18-7-3-2-4-8-18/h2-12,15-16,19H,13-14,17H2,1H3. The zero-order valence-electron chi connectivity index (χ0n) is 19.1. The number of carbonyl (C=O) groups is 2. The van der Waals surface area contributed by atoms with Crippen molar-refractivity contribution in [3.05, 3.63) is 107 Å². The van der Waals surface area contributed by atoms with E-state index in [0.29, 0.717) is 16.8 Å². The van der Waals surface area contributed by atoms with Crippen LogP contribution in [0.15, 0.2) is 79.0 Å². The lowest BCUT2D eigenvalue weighted by atomic mass is 10.0. The van der Waals surface area contributed by atoms with Crippen molar-refractivity contribution in [2.45, 2.75) is 25.4 Å². The molecule has 0 N–H and O–H groups in total. The molecule has 3 aromatic carbocycles. The van der Waals surface area contributed by atoms with Crippen molar-refractivity contribution < 1.29 is 23.5 Å². The third-order valence-corrected chi connectivity index (χ3v) is 6.01. The average Bonchev–Trinajstić information content (AvgIpc) is 3.65. The Hall–Kier alpha value is -4.26. The predicted molar refractivity (Wildman–Crippen MR) is 128 cm³/mol. The number of nitrogens with zero attached hydrogens (tertiary/aromatic N) is 2. The Kier molecular flexibility index (Phi) is 6.14. The number of ether oxygens (including phenoxy) is 2. The van der Waals surface area contributed by atoms with Crippen molar-refractivity contribution in [1.29, 1.82) is 0 Å². The zero-order chi connectivity index (χ0) is 24.4. The zero-order valence-corrected chi connectivity index (χ0v) is 19.1. The number of halogens is 1. The second-order valence-corrected chi connectivity index (χ2v) is 8.40. The monoisotopic (exact) mass is 470 g/mol. The highest BCUT2D eigenvalue weighted by Gasteiger charge is 2.33. The highest BCUT2D eigenvalue weighted by Crippen LogP contribution is 2.43. The van der Waals surface area contributed by atoms with E-state index in [1.54, 1.807) is 35.0 Å². The first kappa shape index (κ1) is 22.5. The maximum atomic E-state index is 15.5. The van der Waals surface area contributed by atoms with E-state index in [1.807, 2.05) is 36.4 Å². The molecule has 35 heavy (non-hydrogen) atoms. The summed E-state index contributed by atoms with van der Waals surface area (Å²) in [6.07, 6.45) is 3.45. The maximum Gasteiger partial charge on any atom is 0.341 e. The Morgan fingerprint density at radius 1 is 0.971 bits per heavy atom. The minimum atomic E-state index is -0.727. The number of methoxy groups -OCH3 is 1. The van der Waals surface area contributed by atoms with Gasteiger partial charge in [0.2, 0.25) is 0 Å². The molecule has 0 amide bonds. The number of carbonyl (C=O) groups excluding carboxylic acids is 2. The summed E-state index contributed by atoms with van der Waals surface area (Å²) < 4.78 is 27.4. The molecule has 1 saturated carbocycles. The highest BCUT2D eigenvalue weighted by atomic mass is 19.1. The van der Waals surface area contributed by atoms with Crippen molar-refractivity contribution in [1.82, 2.24) is 9.78 Å². The van der Waals surface area contributed by atoms with Crippen molar-refractivity contribution in [3.63, 3.8) is 0 Å². The second-order valence-electron chi connectivity index (χ2n) is 8.40. The lowest BCUT2D eigenvalue weighted by molar-refractivity contribution is 0.0467. The molecule has 0 atom stereocenters. The van der Waals surface area contributed by atoms with E-state index in [4.69, 9.17) is 9.47 Å². The van der Waals surface area contributed by atoms with Crippen LogP contribution in [0.2, 0.25) is 0 Å². The van der Waals surface area contributed by atoms with E-state index in [-0.39, 0.29) is 23.7 Å². The Morgan fingerprint density at radius 3 is 2.49 bits per heavy atom. The van der Waals surface area contributed by atoms with Gasteiger partial charge in [-0.2, -0.15) is 5.10 Å². The Morgan fingerprint density at radius 2 is 1.74 bits per heavy atom. The van der Waals surface area contributed by atoms with Crippen LogP contribution in [0, 0.1) is 5.82 Å². The van der Waals surface area contributed by atoms with Crippen LogP contribution < -0.4 is 0 Å². The molecule has 0 radical (unpaired) electrons. The normalized spacial score (nSPS) is 12.9. The first-order valence-electron chi connectivity index (χ1n) is 11.3. The summed E-state index contributed by atoms with van der Waals surface area (Å²) in [5.41, 5.74) is 3.47. The number of hydrogen-bond donors (Lipinski definition) is 0. The molecule has 0 bridgehead atoms. The first-order valence-corrected chi connectivity index (χ1v) is 11.3. The molecule has 0 unspecified atom stereocenters. The summed E-state index contributed by atoms with van der Waals surface area (Å²) in [5.74, 6) is -1.58. The van der Waals surface area contributed by atoms with Crippen LogP contribution in [0.4, 0.5) is 4.39 Å². The third kappa shape index (κ3) is 4.57. The van der Waals surface area contributed by atoms with E-state index in [0.717, 1.165) is 24.1 Å². The molecule has 5 rings (SSSR count). The number of aromatic nitrogens is 2. The van der Waals surface area contributed by atoms with Crippen LogP contribution in [0.25, 0.3) is 16.8 Å². The Bertz CT molecular complexity index is 1390. The fraction of sp³-hybridized carbons (Fsp3) is 0.179. The largest absolute Gasteiger partial charge is 0.465 e. The molecule has 4 aromatic rings. The van der Waals surface area contributed by atoms with Crippen LogP contribution >= 0.6 is 0 Å². The fourth-order valence-corrected chi connectivity index (χ4v) is 4.10. The van der Waals surface area contributed by atoms with Gasteiger partial charge in [0.05, 0.1) is 30.3 Å². The lowest BCUT2D eigenvalue weighted by Gasteiger charge is -2.12. The van der Waals surface area contributed by atoms with Gasteiger partial charge in [0, 0.05) is 11.5 Å². The molecule has 0 aliphatic heterocycles. The molecule has 1 aromatic heterocycles. The topological polar surface area (TPSA) is 70.4 Å². The van der Waals surface area contributed by atoms with Crippen molar-refractivity contribution in [3.8, 4) is 16.8 Å².